The van der Waals surface area contributed by atoms with Crippen LogP contribution in [0.1, 0.15) is 38.3 Å². The molecule has 0 radical (unpaired) electrons. The van der Waals surface area contributed by atoms with Crippen LogP contribution in [0.15, 0.2) is 0 Å². The molecule has 1 aromatic rings. The number of fused-ring (bicyclic) bond motifs is 1. The summed E-state index contributed by atoms with van der Waals surface area (Å²) >= 11 is 1.84. The maximum Gasteiger partial charge on any atom is 0.143 e. The van der Waals surface area contributed by atoms with Gasteiger partial charge in [-0.15, -0.1) is 10.2 Å². The summed E-state index contributed by atoms with van der Waals surface area (Å²) in [4.78, 5) is 0. The van der Waals surface area contributed by atoms with E-state index in [9.17, 15) is 0 Å². The van der Waals surface area contributed by atoms with Gasteiger partial charge in [-0.2, -0.15) is 11.8 Å². The number of aromatic nitrogens is 3. The van der Waals surface area contributed by atoms with Crippen LogP contribution in [0.3, 0.4) is 0 Å². The number of rotatable bonds is 4. The molecule has 2 heterocycles. The zero-order chi connectivity index (χ0) is 11.6. The molecule has 0 aliphatic carbocycles. The van der Waals surface area contributed by atoms with Crippen molar-refractivity contribution < 1.29 is 0 Å². The van der Waals surface area contributed by atoms with E-state index in [0.717, 1.165) is 36.1 Å². The monoisotopic (exact) mass is 240 g/mol. The number of thioether (sulfide) groups is 1. The predicted octanol–water partition coefficient (Wildman–Crippen LogP) is 1.58. The number of nitrogens with zero attached hydrogens (tertiary/aromatic N) is 3. The van der Waals surface area contributed by atoms with Crippen molar-refractivity contribution in [1.82, 2.24) is 14.8 Å². The molecular weight excluding hydrogens is 220 g/mol. The quantitative estimate of drug-likeness (QED) is 0.868. The van der Waals surface area contributed by atoms with Crippen LogP contribution in [0.2, 0.25) is 0 Å². The predicted molar refractivity (Wildman–Crippen MR) is 67.4 cm³/mol. The highest BCUT2D eigenvalue weighted by Gasteiger charge is 2.16. The first kappa shape index (κ1) is 11.9. The summed E-state index contributed by atoms with van der Waals surface area (Å²) in [7, 11) is 0. The SMILES string of the molecule is CC(C)(N)CSCc1nnc2n1CCCC2. The Morgan fingerprint density at radius 2 is 2.19 bits per heavy atom. The van der Waals surface area contributed by atoms with Gasteiger partial charge in [-0.1, -0.05) is 0 Å². The smallest absolute Gasteiger partial charge is 0.143 e. The Morgan fingerprint density at radius 3 is 2.94 bits per heavy atom. The fourth-order valence-electron chi connectivity index (χ4n) is 1.88. The van der Waals surface area contributed by atoms with E-state index in [1.54, 1.807) is 0 Å². The third-order valence-electron chi connectivity index (χ3n) is 2.64. The molecule has 0 amide bonds. The van der Waals surface area contributed by atoms with Crippen molar-refractivity contribution in [2.24, 2.45) is 5.73 Å². The molecule has 2 N–H and O–H groups in total. The molecule has 0 fully saturated rings. The zero-order valence-electron chi connectivity index (χ0n) is 10.1. The summed E-state index contributed by atoms with van der Waals surface area (Å²) < 4.78 is 2.28. The number of hydrogen-bond acceptors (Lipinski definition) is 4. The van der Waals surface area contributed by atoms with Crippen LogP contribution in [-0.2, 0) is 18.7 Å². The first-order chi connectivity index (χ1) is 7.56. The van der Waals surface area contributed by atoms with Gasteiger partial charge in [0.1, 0.15) is 11.6 Å². The van der Waals surface area contributed by atoms with Crippen molar-refractivity contribution in [3.63, 3.8) is 0 Å². The fraction of sp³-hybridized carbons (Fsp3) is 0.818. The molecule has 0 bridgehead atoms. The molecule has 0 aromatic carbocycles. The average Bonchev–Trinajstić information content (AvgIpc) is 2.60. The Kier molecular flexibility index (Phi) is 3.54. The Balaban J connectivity index is 1.92. The van der Waals surface area contributed by atoms with Crippen molar-refractivity contribution in [3.05, 3.63) is 11.6 Å². The molecule has 1 aliphatic heterocycles. The van der Waals surface area contributed by atoms with Crippen molar-refractivity contribution in [2.45, 2.75) is 50.9 Å². The lowest BCUT2D eigenvalue weighted by Crippen LogP contribution is -2.34. The zero-order valence-corrected chi connectivity index (χ0v) is 10.9. The second kappa shape index (κ2) is 4.75. The molecular formula is C11H20N4S. The number of hydrogen-bond donors (Lipinski definition) is 1. The molecule has 0 saturated heterocycles. The summed E-state index contributed by atoms with van der Waals surface area (Å²) in [6.07, 6.45) is 3.59. The Hall–Kier alpha value is -0.550. The molecule has 0 atom stereocenters. The van der Waals surface area contributed by atoms with Gasteiger partial charge in [0, 0.05) is 24.3 Å². The van der Waals surface area contributed by atoms with Gasteiger partial charge in [0.25, 0.3) is 0 Å². The van der Waals surface area contributed by atoms with E-state index in [1.165, 1.54) is 12.8 Å². The fourth-order valence-corrected chi connectivity index (χ4v) is 2.90. The lowest BCUT2D eigenvalue weighted by molar-refractivity contribution is 0.513. The van der Waals surface area contributed by atoms with Gasteiger partial charge in [-0.3, -0.25) is 0 Å². The number of aryl methyl sites for hydroxylation is 1. The van der Waals surface area contributed by atoms with E-state index in [1.807, 2.05) is 11.8 Å². The topological polar surface area (TPSA) is 56.7 Å². The van der Waals surface area contributed by atoms with Crippen molar-refractivity contribution in [3.8, 4) is 0 Å². The molecule has 16 heavy (non-hydrogen) atoms. The minimum absolute atomic E-state index is 0.102. The summed E-state index contributed by atoms with van der Waals surface area (Å²) in [6, 6.07) is 0. The van der Waals surface area contributed by atoms with E-state index in [2.05, 4.69) is 28.6 Å². The molecule has 2 rings (SSSR count). The third-order valence-corrected chi connectivity index (χ3v) is 4.05. The van der Waals surface area contributed by atoms with Gasteiger partial charge < -0.3 is 10.3 Å². The summed E-state index contributed by atoms with van der Waals surface area (Å²) in [5.41, 5.74) is 5.85. The maximum absolute atomic E-state index is 5.95. The third kappa shape index (κ3) is 2.98. The van der Waals surface area contributed by atoms with E-state index in [-0.39, 0.29) is 5.54 Å². The summed E-state index contributed by atoms with van der Waals surface area (Å²) in [5.74, 6) is 4.15. The normalized spacial score (nSPS) is 16.2. The maximum atomic E-state index is 5.95. The Bertz CT molecular complexity index is 353. The average molecular weight is 240 g/mol. The van der Waals surface area contributed by atoms with Gasteiger partial charge in [0.2, 0.25) is 0 Å². The minimum atomic E-state index is -0.102. The standard InChI is InChI=1S/C11H20N4S/c1-11(2,12)8-16-7-10-14-13-9-5-3-4-6-15(9)10/h3-8,12H2,1-2H3. The van der Waals surface area contributed by atoms with Crippen LogP contribution in [0.25, 0.3) is 0 Å². The first-order valence-electron chi connectivity index (χ1n) is 5.84. The highest BCUT2D eigenvalue weighted by molar-refractivity contribution is 7.98. The van der Waals surface area contributed by atoms with Crippen LogP contribution in [0.4, 0.5) is 0 Å². The van der Waals surface area contributed by atoms with Crippen molar-refractivity contribution in [2.75, 3.05) is 5.75 Å². The molecule has 4 nitrogen and oxygen atoms in total. The van der Waals surface area contributed by atoms with Crippen LogP contribution in [0.5, 0.6) is 0 Å². The van der Waals surface area contributed by atoms with Crippen LogP contribution in [-0.4, -0.2) is 26.1 Å². The molecule has 0 spiro atoms. The largest absolute Gasteiger partial charge is 0.325 e. The number of nitrogens with two attached hydrogens (primary N) is 1. The molecule has 5 heteroatoms. The van der Waals surface area contributed by atoms with Gasteiger partial charge in [-0.05, 0) is 26.7 Å². The van der Waals surface area contributed by atoms with Gasteiger partial charge in [0.15, 0.2) is 0 Å². The van der Waals surface area contributed by atoms with Crippen LogP contribution >= 0.6 is 11.8 Å². The minimum Gasteiger partial charge on any atom is -0.325 e. The van der Waals surface area contributed by atoms with E-state index < -0.39 is 0 Å². The van der Waals surface area contributed by atoms with Crippen LogP contribution in [0, 0.1) is 0 Å². The molecule has 90 valence electrons. The lowest BCUT2D eigenvalue weighted by atomic mass is 10.1. The van der Waals surface area contributed by atoms with E-state index in [0.29, 0.717) is 0 Å². The Labute approximate surface area is 101 Å². The van der Waals surface area contributed by atoms with E-state index >= 15 is 0 Å². The lowest BCUT2D eigenvalue weighted by Gasteiger charge is -2.18. The second-order valence-electron chi connectivity index (χ2n) is 5.12. The second-order valence-corrected chi connectivity index (χ2v) is 6.11. The molecule has 1 aliphatic rings. The molecule has 0 unspecified atom stereocenters. The first-order valence-corrected chi connectivity index (χ1v) is 6.99. The van der Waals surface area contributed by atoms with Crippen molar-refractivity contribution in [1.29, 1.82) is 0 Å². The van der Waals surface area contributed by atoms with Gasteiger partial charge in [0.05, 0.1) is 5.75 Å². The van der Waals surface area contributed by atoms with E-state index in [4.69, 9.17) is 5.73 Å². The molecule has 0 saturated carbocycles. The summed E-state index contributed by atoms with van der Waals surface area (Å²) in [5, 5.41) is 8.51. The van der Waals surface area contributed by atoms with Gasteiger partial charge in [-0.25, -0.2) is 0 Å². The molecule has 1 aromatic heterocycles. The Morgan fingerprint density at radius 1 is 1.38 bits per heavy atom. The van der Waals surface area contributed by atoms with Crippen molar-refractivity contribution >= 4 is 11.8 Å². The highest BCUT2D eigenvalue weighted by Crippen LogP contribution is 2.19. The van der Waals surface area contributed by atoms with Crippen LogP contribution < -0.4 is 5.73 Å². The van der Waals surface area contributed by atoms with Gasteiger partial charge >= 0.3 is 0 Å². The highest BCUT2D eigenvalue weighted by atomic mass is 32.2. The summed E-state index contributed by atoms with van der Waals surface area (Å²) in [6.45, 7) is 5.20.